The summed E-state index contributed by atoms with van der Waals surface area (Å²) in [5.41, 5.74) is 1.60. The van der Waals surface area contributed by atoms with Gasteiger partial charge < -0.3 is 15.4 Å². The molecule has 0 heterocycles. The van der Waals surface area contributed by atoms with Crippen molar-refractivity contribution in [1.82, 2.24) is 5.32 Å². The maximum Gasteiger partial charge on any atom is 0.252 e. The van der Waals surface area contributed by atoms with Crippen molar-refractivity contribution >= 4 is 17.5 Å². The van der Waals surface area contributed by atoms with E-state index in [0.717, 1.165) is 5.56 Å². The summed E-state index contributed by atoms with van der Waals surface area (Å²) in [5.74, 6) is -0.401. The number of amides is 2. The van der Waals surface area contributed by atoms with E-state index in [2.05, 4.69) is 10.6 Å². The molecular weight excluding hydrogens is 256 g/mol. The zero-order valence-electron chi connectivity index (χ0n) is 12.7. The molecule has 5 nitrogen and oxygen atoms in total. The summed E-state index contributed by atoms with van der Waals surface area (Å²) in [6.45, 7) is 7.55. The van der Waals surface area contributed by atoms with Gasteiger partial charge in [-0.05, 0) is 45.4 Å². The first-order chi connectivity index (χ1) is 9.24. The van der Waals surface area contributed by atoms with Crippen molar-refractivity contribution < 1.29 is 14.3 Å². The second kappa shape index (κ2) is 6.52. The fourth-order valence-corrected chi connectivity index (χ4v) is 1.74. The van der Waals surface area contributed by atoms with Gasteiger partial charge in [0.15, 0.2) is 0 Å². The van der Waals surface area contributed by atoms with E-state index in [4.69, 9.17) is 4.74 Å². The molecule has 0 aliphatic rings. The van der Waals surface area contributed by atoms with E-state index in [0.29, 0.717) is 11.3 Å². The maximum absolute atomic E-state index is 12.2. The molecule has 2 amide bonds. The molecule has 0 radical (unpaired) electrons. The Labute approximate surface area is 119 Å². The molecule has 110 valence electrons. The fourth-order valence-electron chi connectivity index (χ4n) is 1.74. The van der Waals surface area contributed by atoms with Crippen molar-refractivity contribution in [3.8, 4) is 0 Å². The Morgan fingerprint density at radius 1 is 1.25 bits per heavy atom. The number of carbonyl (C=O) groups is 2. The topological polar surface area (TPSA) is 67.4 Å². The molecule has 0 unspecified atom stereocenters. The Morgan fingerprint density at radius 3 is 2.45 bits per heavy atom. The highest BCUT2D eigenvalue weighted by atomic mass is 16.5. The summed E-state index contributed by atoms with van der Waals surface area (Å²) < 4.78 is 4.77. The monoisotopic (exact) mass is 278 g/mol. The highest BCUT2D eigenvalue weighted by Crippen LogP contribution is 2.19. The van der Waals surface area contributed by atoms with E-state index < -0.39 is 0 Å². The highest BCUT2D eigenvalue weighted by molar-refractivity contribution is 5.99. The summed E-state index contributed by atoms with van der Waals surface area (Å²) in [6, 6.07) is 5.24. The molecule has 1 rings (SSSR count). The van der Waals surface area contributed by atoms with E-state index >= 15 is 0 Å². The van der Waals surface area contributed by atoms with Crippen molar-refractivity contribution in [2.75, 3.05) is 19.0 Å². The molecule has 2 N–H and O–H groups in total. The number of anilines is 1. The zero-order chi connectivity index (χ0) is 15.3. The Bertz CT molecular complexity index is 504. The standard InChI is InChI=1S/C15H22N2O3/c1-10-11(14(19)17-15(2,3)4)7-6-8-12(10)16-13(18)9-20-5/h6-8H,9H2,1-5H3,(H,16,18)(H,17,19). The normalized spacial score (nSPS) is 11.1. The molecule has 0 saturated carbocycles. The number of nitrogens with one attached hydrogen (secondary N) is 2. The summed E-state index contributed by atoms with van der Waals surface area (Å²) in [5, 5.41) is 5.63. The van der Waals surface area contributed by atoms with Crippen LogP contribution < -0.4 is 10.6 Å². The first kappa shape index (κ1) is 16.2. The number of methoxy groups -OCH3 is 1. The third-order valence-corrected chi connectivity index (χ3v) is 2.62. The van der Waals surface area contributed by atoms with Gasteiger partial charge in [0.2, 0.25) is 5.91 Å². The van der Waals surface area contributed by atoms with Gasteiger partial charge in [-0.15, -0.1) is 0 Å². The van der Waals surface area contributed by atoms with E-state index in [1.807, 2.05) is 20.8 Å². The minimum Gasteiger partial charge on any atom is -0.375 e. The molecular formula is C15H22N2O3. The minimum atomic E-state index is -0.307. The molecule has 0 fully saturated rings. The largest absolute Gasteiger partial charge is 0.375 e. The molecule has 0 atom stereocenters. The molecule has 1 aromatic carbocycles. The third kappa shape index (κ3) is 4.66. The number of rotatable bonds is 4. The number of carbonyl (C=O) groups excluding carboxylic acids is 2. The lowest BCUT2D eigenvalue weighted by Crippen LogP contribution is -2.40. The number of hydrogen-bond acceptors (Lipinski definition) is 3. The molecule has 0 aliphatic carbocycles. The van der Waals surface area contributed by atoms with Crippen LogP contribution in [-0.4, -0.2) is 31.1 Å². The second-order valence-corrected chi connectivity index (χ2v) is 5.66. The molecule has 1 aromatic rings. The Kier molecular flexibility index (Phi) is 5.27. The Morgan fingerprint density at radius 2 is 1.90 bits per heavy atom. The molecule has 5 heteroatoms. The summed E-state index contributed by atoms with van der Waals surface area (Å²) >= 11 is 0. The second-order valence-electron chi connectivity index (χ2n) is 5.66. The predicted molar refractivity (Wildman–Crippen MR) is 78.9 cm³/mol. The van der Waals surface area contributed by atoms with Gasteiger partial charge in [0, 0.05) is 23.9 Å². The van der Waals surface area contributed by atoms with Gasteiger partial charge in [-0.3, -0.25) is 9.59 Å². The lowest BCUT2D eigenvalue weighted by molar-refractivity contribution is -0.119. The van der Waals surface area contributed by atoms with Gasteiger partial charge in [0.05, 0.1) is 0 Å². The van der Waals surface area contributed by atoms with Crippen LogP contribution in [0.25, 0.3) is 0 Å². The van der Waals surface area contributed by atoms with Crippen molar-refractivity contribution in [1.29, 1.82) is 0 Å². The molecule has 0 aromatic heterocycles. The van der Waals surface area contributed by atoms with Crippen LogP contribution in [0.1, 0.15) is 36.7 Å². The van der Waals surface area contributed by atoms with Crippen LogP contribution >= 0.6 is 0 Å². The van der Waals surface area contributed by atoms with E-state index in [9.17, 15) is 9.59 Å². The van der Waals surface area contributed by atoms with E-state index in [-0.39, 0.29) is 24.0 Å². The van der Waals surface area contributed by atoms with Crippen LogP contribution in [0.5, 0.6) is 0 Å². The number of benzene rings is 1. The summed E-state index contributed by atoms with van der Waals surface area (Å²) in [7, 11) is 1.46. The van der Waals surface area contributed by atoms with Crippen molar-refractivity contribution in [2.45, 2.75) is 33.2 Å². The van der Waals surface area contributed by atoms with Gasteiger partial charge >= 0.3 is 0 Å². The smallest absolute Gasteiger partial charge is 0.252 e. The average molecular weight is 278 g/mol. The molecule has 0 bridgehead atoms. The van der Waals surface area contributed by atoms with Crippen molar-refractivity contribution in [2.24, 2.45) is 0 Å². The quantitative estimate of drug-likeness (QED) is 0.886. The number of hydrogen-bond donors (Lipinski definition) is 2. The fraction of sp³-hybridized carbons (Fsp3) is 0.467. The molecule has 0 saturated heterocycles. The SMILES string of the molecule is COCC(=O)Nc1cccc(C(=O)NC(C)(C)C)c1C. The van der Waals surface area contributed by atoms with Gasteiger partial charge in [0.1, 0.15) is 6.61 Å². The van der Waals surface area contributed by atoms with Crippen LogP contribution in [0.3, 0.4) is 0 Å². The summed E-state index contributed by atoms with van der Waals surface area (Å²) in [4.78, 5) is 23.7. The molecule has 20 heavy (non-hydrogen) atoms. The maximum atomic E-state index is 12.2. The molecule has 0 aliphatic heterocycles. The lowest BCUT2D eigenvalue weighted by Gasteiger charge is -2.21. The summed E-state index contributed by atoms with van der Waals surface area (Å²) in [6.07, 6.45) is 0. The van der Waals surface area contributed by atoms with Crippen molar-refractivity contribution in [3.05, 3.63) is 29.3 Å². The van der Waals surface area contributed by atoms with Gasteiger partial charge in [0.25, 0.3) is 5.91 Å². The first-order valence-electron chi connectivity index (χ1n) is 6.45. The Hall–Kier alpha value is -1.88. The zero-order valence-corrected chi connectivity index (χ0v) is 12.7. The van der Waals surface area contributed by atoms with E-state index in [1.54, 1.807) is 25.1 Å². The third-order valence-electron chi connectivity index (χ3n) is 2.62. The van der Waals surface area contributed by atoms with Crippen LogP contribution in [-0.2, 0) is 9.53 Å². The predicted octanol–water partition coefficient (Wildman–Crippen LogP) is 2.11. The van der Waals surface area contributed by atoms with Crippen LogP contribution in [0.2, 0.25) is 0 Å². The van der Waals surface area contributed by atoms with Crippen LogP contribution in [0.15, 0.2) is 18.2 Å². The van der Waals surface area contributed by atoms with Crippen molar-refractivity contribution in [3.63, 3.8) is 0 Å². The van der Waals surface area contributed by atoms with Gasteiger partial charge in [-0.2, -0.15) is 0 Å². The van der Waals surface area contributed by atoms with Crippen LogP contribution in [0, 0.1) is 6.92 Å². The minimum absolute atomic E-state index is 0.0160. The number of ether oxygens (including phenoxy) is 1. The first-order valence-corrected chi connectivity index (χ1v) is 6.45. The van der Waals surface area contributed by atoms with Gasteiger partial charge in [-0.1, -0.05) is 6.07 Å². The van der Waals surface area contributed by atoms with Crippen LogP contribution in [0.4, 0.5) is 5.69 Å². The lowest BCUT2D eigenvalue weighted by atomic mass is 10.0. The average Bonchev–Trinajstić information content (AvgIpc) is 2.29. The Balaban J connectivity index is 2.95. The van der Waals surface area contributed by atoms with Gasteiger partial charge in [-0.25, -0.2) is 0 Å². The highest BCUT2D eigenvalue weighted by Gasteiger charge is 2.18. The molecule has 0 spiro atoms. The van der Waals surface area contributed by atoms with E-state index in [1.165, 1.54) is 7.11 Å².